The van der Waals surface area contributed by atoms with E-state index in [-0.39, 0.29) is 5.56 Å². The predicted octanol–water partition coefficient (Wildman–Crippen LogP) is 2.02. The quantitative estimate of drug-likeness (QED) is 0.575. The Kier molecular flexibility index (Phi) is 3.55. The average Bonchev–Trinajstić information content (AvgIpc) is 3.16. The highest BCUT2D eigenvalue weighted by Crippen LogP contribution is 2.14. The van der Waals surface area contributed by atoms with E-state index in [9.17, 15) is 9.59 Å². The molecule has 0 aliphatic rings. The van der Waals surface area contributed by atoms with Crippen LogP contribution in [-0.2, 0) is 0 Å². The summed E-state index contributed by atoms with van der Waals surface area (Å²) in [5.74, 6) is -0.00414. The fourth-order valence-corrected chi connectivity index (χ4v) is 2.34. The Bertz CT molecular complexity index is 1100. The van der Waals surface area contributed by atoms with E-state index in [2.05, 4.69) is 20.4 Å². The maximum absolute atomic E-state index is 12.4. The fraction of sp³-hybridized carbons (Fsp3) is 0. The Morgan fingerprint density at radius 2 is 2.04 bits per heavy atom. The maximum Gasteiger partial charge on any atom is 0.349 e. The molecule has 122 valence electrons. The van der Waals surface area contributed by atoms with E-state index in [1.54, 1.807) is 36.4 Å². The summed E-state index contributed by atoms with van der Waals surface area (Å²) in [5, 5.41) is 7.27. The molecule has 0 saturated heterocycles. The first-order valence-corrected chi connectivity index (χ1v) is 7.36. The van der Waals surface area contributed by atoms with Crippen LogP contribution in [0.3, 0.4) is 0 Å². The minimum atomic E-state index is -0.691. The third kappa shape index (κ3) is 2.88. The lowest BCUT2D eigenvalue weighted by Gasteiger charge is -2.06. The number of pyridine rings is 1. The second kappa shape index (κ2) is 6.00. The molecule has 4 rings (SSSR count). The van der Waals surface area contributed by atoms with Gasteiger partial charge >= 0.3 is 5.63 Å². The van der Waals surface area contributed by atoms with Gasteiger partial charge in [0.25, 0.3) is 5.91 Å². The SMILES string of the molecule is O=C(Nc1ccc(-n2cncn2)nc1)c1cc2ccccc2oc1=O. The molecule has 0 aliphatic heterocycles. The number of carbonyl (C=O) groups is 1. The summed E-state index contributed by atoms with van der Waals surface area (Å²) in [5.41, 5.74) is 0.117. The molecule has 0 atom stereocenters. The van der Waals surface area contributed by atoms with Gasteiger partial charge < -0.3 is 9.73 Å². The first kappa shape index (κ1) is 14.8. The third-order valence-corrected chi connectivity index (χ3v) is 3.55. The summed E-state index contributed by atoms with van der Waals surface area (Å²) in [6, 6.07) is 11.8. The highest BCUT2D eigenvalue weighted by atomic mass is 16.4. The first-order chi connectivity index (χ1) is 12.2. The van der Waals surface area contributed by atoms with E-state index < -0.39 is 11.5 Å². The third-order valence-electron chi connectivity index (χ3n) is 3.55. The summed E-state index contributed by atoms with van der Waals surface area (Å²) in [6.45, 7) is 0. The molecule has 0 aliphatic carbocycles. The number of para-hydroxylation sites is 1. The fourth-order valence-electron chi connectivity index (χ4n) is 2.34. The number of aromatic nitrogens is 4. The van der Waals surface area contributed by atoms with Gasteiger partial charge in [-0.25, -0.2) is 19.4 Å². The molecule has 8 nitrogen and oxygen atoms in total. The second-order valence-corrected chi connectivity index (χ2v) is 5.18. The Labute approximate surface area is 140 Å². The van der Waals surface area contributed by atoms with Gasteiger partial charge in [-0.3, -0.25) is 4.79 Å². The van der Waals surface area contributed by atoms with Crippen LogP contribution in [-0.4, -0.2) is 25.7 Å². The van der Waals surface area contributed by atoms with Crippen molar-refractivity contribution in [3.63, 3.8) is 0 Å². The van der Waals surface area contributed by atoms with Gasteiger partial charge in [-0.05, 0) is 24.3 Å². The van der Waals surface area contributed by atoms with E-state index in [0.717, 1.165) is 0 Å². The van der Waals surface area contributed by atoms with Gasteiger partial charge in [-0.2, -0.15) is 5.10 Å². The number of rotatable bonds is 3. The van der Waals surface area contributed by atoms with Crippen LogP contribution in [0.4, 0.5) is 5.69 Å². The molecular formula is C17H11N5O3. The summed E-state index contributed by atoms with van der Waals surface area (Å²) in [7, 11) is 0. The maximum atomic E-state index is 12.4. The number of amides is 1. The number of fused-ring (bicyclic) bond motifs is 1. The zero-order valence-electron chi connectivity index (χ0n) is 12.8. The molecule has 1 aromatic carbocycles. The van der Waals surface area contributed by atoms with E-state index >= 15 is 0 Å². The Morgan fingerprint density at radius 1 is 1.16 bits per heavy atom. The van der Waals surface area contributed by atoms with E-state index in [4.69, 9.17) is 4.42 Å². The minimum Gasteiger partial charge on any atom is -0.422 e. The van der Waals surface area contributed by atoms with Crippen LogP contribution in [0.25, 0.3) is 16.8 Å². The second-order valence-electron chi connectivity index (χ2n) is 5.18. The van der Waals surface area contributed by atoms with Crippen LogP contribution in [0.1, 0.15) is 10.4 Å². The zero-order chi connectivity index (χ0) is 17.2. The molecule has 0 bridgehead atoms. The Balaban J connectivity index is 1.60. The van der Waals surface area contributed by atoms with Gasteiger partial charge in [-0.15, -0.1) is 0 Å². The van der Waals surface area contributed by atoms with Crippen molar-refractivity contribution in [1.82, 2.24) is 19.7 Å². The standard InChI is InChI=1S/C17H11N5O3/c23-16(13-7-11-3-1-2-4-14(11)25-17(13)24)21-12-5-6-15(19-8-12)22-10-18-9-20-22/h1-10H,(H,21,23). The Morgan fingerprint density at radius 3 is 2.80 bits per heavy atom. The van der Waals surface area contributed by atoms with Crippen LogP contribution < -0.4 is 10.9 Å². The number of nitrogens with zero attached hydrogens (tertiary/aromatic N) is 4. The van der Waals surface area contributed by atoms with Gasteiger partial charge in [-0.1, -0.05) is 18.2 Å². The molecule has 0 saturated carbocycles. The lowest BCUT2D eigenvalue weighted by atomic mass is 10.2. The number of hydrogen-bond donors (Lipinski definition) is 1. The normalized spacial score (nSPS) is 10.7. The molecule has 4 aromatic rings. The topological polar surface area (TPSA) is 103 Å². The minimum absolute atomic E-state index is 0.0703. The van der Waals surface area contributed by atoms with Crippen LogP contribution in [0, 0.1) is 0 Å². The number of nitrogens with one attached hydrogen (secondary N) is 1. The van der Waals surface area contributed by atoms with Gasteiger partial charge in [0, 0.05) is 5.39 Å². The number of anilines is 1. The van der Waals surface area contributed by atoms with Gasteiger partial charge in [0.05, 0.1) is 11.9 Å². The molecule has 8 heteroatoms. The summed E-state index contributed by atoms with van der Waals surface area (Å²) in [6.07, 6.45) is 4.38. The highest BCUT2D eigenvalue weighted by Gasteiger charge is 2.14. The lowest BCUT2D eigenvalue weighted by Crippen LogP contribution is -2.20. The van der Waals surface area contributed by atoms with Crippen LogP contribution in [0.15, 0.2) is 70.5 Å². The van der Waals surface area contributed by atoms with Gasteiger partial charge in [0.2, 0.25) is 0 Å². The van der Waals surface area contributed by atoms with Crippen molar-refractivity contribution in [2.24, 2.45) is 0 Å². The van der Waals surface area contributed by atoms with Crippen molar-refractivity contribution in [2.45, 2.75) is 0 Å². The smallest absolute Gasteiger partial charge is 0.349 e. The van der Waals surface area contributed by atoms with Crippen LogP contribution in [0.5, 0.6) is 0 Å². The molecule has 0 spiro atoms. The van der Waals surface area contributed by atoms with E-state index in [1.807, 2.05) is 0 Å². The molecule has 3 heterocycles. The van der Waals surface area contributed by atoms with Gasteiger partial charge in [0.15, 0.2) is 5.82 Å². The van der Waals surface area contributed by atoms with Crippen molar-refractivity contribution < 1.29 is 9.21 Å². The van der Waals surface area contributed by atoms with Crippen LogP contribution >= 0.6 is 0 Å². The van der Waals surface area contributed by atoms with Crippen molar-refractivity contribution in [3.05, 3.63) is 77.3 Å². The molecule has 0 radical (unpaired) electrons. The molecule has 0 unspecified atom stereocenters. The van der Waals surface area contributed by atoms with Crippen molar-refractivity contribution in [1.29, 1.82) is 0 Å². The largest absolute Gasteiger partial charge is 0.422 e. The zero-order valence-corrected chi connectivity index (χ0v) is 12.8. The van der Waals surface area contributed by atoms with Crippen molar-refractivity contribution in [3.8, 4) is 5.82 Å². The van der Waals surface area contributed by atoms with Gasteiger partial charge in [0.1, 0.15) is 23.8 Å². The van der Waals surface area contributed by atoms with E-state index in [0.29, 0.717) is 22.5 Å². The first-order valence-electron chi connectivity index (χ1n) is 7.36. The molecule has 0 fully saturated rings. The van der Waals surface area contributed by atoms with Crippen LogP contribution in [0.2, 0.25) is 0 Å². The summed E-state index contributed by atoms with van der Waals surface area (Å²) >= 11 is 0. The predicted molar refractivity (Wildman–Crippen MR) is 89.6 cm³/mol. The van der Waals surface area contributed by atoms with Crippen molar-refractivity contribution in [2.75, 3.05) is 5.32 Å². The summed E-state index contributed by atoms with van der Waals surface area (Å²) < 4.78 is 6.66. The summed E-state index contributed by atoms with van der Waals surface area (Å²) in [4.78, 5) is 32.4. The Hall–Kier alpha value is -3.81. The molecule has 1 N–H and O–H groups in total. The average molecular weight is 333 g/mol. The number of hydrogen-bond acceptors (Lipinski definition) is 6. The highest BCUT2D eigenvalue weighted by molar-refractivity contribution is 6.05. The molecule has 3 aromatic heterocycles. The van der Waals surface area contributed by atoms with E-state index in [1.165, 1.54) is 29.6 Å². The number of carbonyl (C=O) groups excluding carboxylic acids is 1. The van der Waals surface area contributed by atoms with Crippen molar-refractivity contribution >= 4 is 22.6 Å². The molecule has 1 amide bonds. The monoisotopic (exact) mass is 333 g/mol. The molecule has 25 heavy (non-hydrogen) atoms. The number of benzene rings is 1. The lowest BCUT2D eigenvalue weighted by molar-refractivity contribution is 0.102. The molecular weight excluding hydrogens is 322 g/mol.